The topological polar surface area (TPSA) is 40.5 Å². The first-order chi connectivity index (χ1) is 8.49. The molecule has 3 nitrogen and oxygen atoms in total. The standard InChI is InChI=1S/C13H15BrClNO2/c1-8-10(13(17)18)4-5-16(8)7-9-2-3-12(15)11(14)6-9/h2-3,6,8,10H,4-5,7H2,1H3,(H,17,18). The van der Waals surface area contributed by atoms with E-state index >= 15 is 0 Å². The average Bonchev–Trinajstić information content (AvgIpc) is 2.66. The van der Waals surface area contributed by atoms with Crippen molar-refractivity contribution in [3.63, 3.8) is 0 Å². The monoisotopic (exact) mass is 331 g/mol. The first-order valence-corrected chi connectivity index (χ1v) is 7.07. The van der Waals surface area contributed by atoms with Crippen molar-refractivity contribution in [3.8, 4) is 0 Å². The van der Waals surface area contributed by atoms with Crippen molar-refractivity contribution < 1.29 is 9.90 Å². The minimum absolute atomic E-state index is 0.0805. The summed E-state index contributed by atoms with van der Waals surface area (Å²) >= 11 is 9.35. The number of aliphatic carboxylic acids is 1. The molecular formula is C13H15BrClNO2. The number of hydrogen-bond donors (Lipinski definition) is 1. The lowest BCUT2D eigenvalue weighted by molar-refractivity contribution is -0.142. The molecule has 1 saturated heterocycles. The van der Waals surface area contributed by atoms with Crippen molar-refractivity contribution in [1.29, 1.82) is 0 Å². The van der Waals surface area contributed by atoms with E-state index in [1.807, 2.05) is 25.1 Å². The summed E-state index contributed by atoms with van der Waals surface area (Å²) in [6.45, 7) is 3.58. The lowest BCUT2D eigenvalue weighted by Gasteiger charge is -2.23. The molecule has 0 aromatic heterocycles. The van der Waals surface area contributed by atoms with Gasteiger partial charge >= 0.3 is 5.97 Å². The number of carboxylic acids is 1. The number of rotatable bonds is 3. The predicted molar refractivity (Wildman–Crippen MR) is 74.8 cm³/mol. The minimum atomic E-state index is -0.692. The van der Waals surface area contributed by atoms with E-state index in [9.17, 15) is 4.79 Å². The summed E-state index contributed by atoms with van der Waals surface area (Å²) in [6, 6.07) is 5.91. The highest BCUT2D eigenvalue weighted by molar-refractivity contribution is 9.10. The van der Waals surface area contributed by atoms with Crippen LogP contribution in [0.3, 0.4) is 0 Å². The lowest BCUT2D eigenvalue weighted by Crippen LogP contribution is -2.32. The van der Waals surface area contributed by atoms with Gasteiger partial charge in [-0.3, -0.25) is 9.69 Å². The zero-order chi connectivity index (χ0) is 13.3. The highest BCUT2D eigenvalue weighted by Crippen LogP contribution is 2.28. The molecule has 0 amide bonds. The van der Waals surface area contributed by atoms with E-state index < -0.39 is 5.97 Å². The molecule has 98 valence electrons. The summed E-state index contributed by atoms with van der Waals surface area (Å²) in [5.74, 6) is -0.942. The zero-order valence-electron chi connectivity index (χ0n) is 10.1. The van der Waals surface area contributed by atoms with Gasteiger partial charge in [0, 0.05) is 17.1 Å². The van der Waals surface area contributed by atoms with Crippen molar-refractivity contribution in [3.05, 3.63) is 33.3 Å². The van der Waals surface area contributed by atoms with Crippen molar-refractivity contribution in [2.45, 2.75) is 25.9 Å². The van der Waals surface area contributed by atoms with Crippen molar-refractivity contribution in [1.82, 2.24) is 4.90 Å². The second-order valence-corrected chi connectivity index (χ2v) is 5.95. The maximum absolute atomic E-state index is 11.1. The fourth-order valence-electron chi connectivity index (χ4n) is 2.43. The maximum Gasteiger partial charge on any atom is 0.308 e. The molecule has 0 radical (unpaired) electrons. The Kier molecular flexibility index (Phi) is 4.30. The van der Waals surface area contributed by atoms with Gasteiger partial charge in [0.1, 0.15) is 0 Å². The van der Waals surface area contributed by atoms with E-state index in [-0.39, 0.29) is 12.0 Å². The average molecular weight is 333 g/mol. The van der Waals surface area contributed by atoms with Gasteiger partial charge in [0.25, 0.3) is 0 Å². The normalized spacial score (nSPS) is 24.4. The van der Waals surface area contributed by atoms with Crippen LogP contribution in [-0.4, -0.2) is 28.6 Å². The van der Waals surface area contributed by atoms with Crippen LogP contribution in [0.25, 0.3) is 0 Å². The van der Waals surface area contributed by atoms with Gasteiger partial charge in [0.15, 0.2) is 0 Å². The van der Waals surface area contributed by atoms with Gasteiger partial charge in [-0.05, 0) is 53.5 Å². The second kappa shape index (κ2) is 5.59. The van der Waals surface area contributed by atoms with Gasteiger partial charge in [0.2, 0.25) is 0 Å². The van der Waals surface area contributed by atoms with Gasteiger partial charge in [-0.2, -0.15) is 0 Å². The van der Waals surface area contributed by atoms with Crippen molar-refractivity contribution in [2.75, 3.05) is 6.54 Å². The van der Waals surface area contributed by atoms with Gasteiger partial charge in [-0.1, -0.05) is 17.7 Å². The van der Waals surface area contributed by atoms with Gasteiger partial charge < -0.3 is 5.11 Å². The summed E-state index contributed by atoms with van der Waals surface area (Å²) in [6.07, 6.45) is 0.727. The second-order valence-electron chi connectivity index (χ2n) is 4.69. The molecule has 1 fully saturated rings. The molecule has 1 aromatic rings. The van der Waals surface area contributed by atoms with E-state index in [1.54, 1.807) is 0 Å². The third-order valence-electron chi connectivity index (χ3n) is 3.57. The first kappa shape index (κ1) is 13.8. The molecule has 1 heterocycles. The summed E-state index contributed by atoms with van der Waals surface area (Å²) < 4.78 is 0.878. The smallest absolute Gasteiger partial charge is 0.308 e. The van der Waals surface area contributed by atoms with E-state index in [0.29, 0.717) is 5.02 Å². The Morgan fingerprint density at radius 1 is 1.61 bits per heavy atom. The van der Waals surface area contributed by atoms with Crippen LogP contribution in [0.5, 0.6) is 0 Å². The Bertz CT molecular complexity index is 466. The van der Waals surface area contributed by atoms with Crippen molar-refractivity contribution >= 4 is 33.5 Å². The van der Waals surface area contributed by atoms with Crippen LogP contribution in [0, 0.1) is 5.92 Å². The first-order valence-electron chi connectivity index (χ1n) is 5.90. The quantitative estimate of drug-likeness (QED) is 0.922. The Hall–Kier alpha value is -0.580. The molecule has 0 saturated carbocycles. The number of carbonyl (C=O) groups is 1. The molecule has 1 aliphatic rings. The number of carboxylic acid groups (broad SMARTS) is 1. The van der Waals surface area contributed by atoms with E-state index in [2.05, 4.69) is 20.8 Å². The number of benzene rings is 1. The van der Waals surface area contributed by atoms with Crippen LogP contribution >= 0.6 is 27.5 Å². The predicted octanol–water partition coefficient (Wildman–Crippen LogP) is 3.40. The fraction of sp³-hybridized carbons (Fsp3) is 0.462. The van der Waals surface area contributed by atoms with Gasteiger partial charge in [0.05, 0.1) is 10.9 Å². The van der Waals surface area contributed by atoms with Crippen LogP contribution < -0.4 is 0 Å². The zero-order valence-corrected chi connectivity index (χ0v) is 12.4. The van der Waals surface area contributed by atoms with E-state index in [0.717, 1.165) is 29.5 Å². The Labute approximate surface area is 120 Å². The molecule has 2 rings (SSSR count). The van der Waals surface area contributed by atoms with Gasteiger partial charge in [-0.15, -0.1) is 0 Å². The molecule has 18 heavy (non-hydrogen) atoms. The van der Waals surface area contributed by atoms with Crippen LogP contribution in [0.15, 0.2) is 22.7 Å². The Morgan fingerprint density at radius 2 is 2.33 bits per heavy atom. The third kappa shape index (κ3) is 2.87. The molecule has 2 unspecified atom stereocenters. The SMILES string of the molecule is CC1C(C(=O)O)CCN1Cc1ccc(Cl)c(Br)c1. The highest BCUT2D eigenvalue weighted by Gasteiger charge is 2.35. The molecule has 1 aliphatic heterocycles. The molecule has 2 atom stereocenters. The van der Waals surface area contributed by atoms with Crippen LogP contribution in [-0.2, 0) is 11.3 Å². The summed E-state index contributed by atoms with van der Waals surface area (Å²) in [5.41, 5.74) is 1.14. The fourth-order valence-corrected chi connectivity index (χ4v) is 2.97. The number of nitrogens with zero attached hydrogens (tertiary/aromatic N) is 1. The summed E-state index contributed by atoms with van der Waals surface area (Å²) in [7, 11) is 0. The number of hydrogen-bond acceptors (Lipinski definition) is 2. The molecule has 0 spiro atoms. The van der Waals surface area contributed by atoms with Crippen LogP contribution in [0.2, 0.25) is 5.02 Å². The minimum Gasteiger partial charge on any atom is -0.481 e. The Morgan fingerprint density at radius 3 is 2.89 bits per heavy atom. The third-order valence-corrected chi connectivity index (χ3v) is 4.79. The van der Waals surface area contributed by atoms with E-state index in [4.69, 9.17) is 16.7 Å². The van der Waals surface area contributed by atoms with Gasteiger partial charge in [-0.25, -0.2) is 0 Å². The summed E-state index contributed by atoms with van der Waals surface area (Å²) in [4.78, 5) is 13.3. The molecule has 1 N–H and O–H groups in total. The maximum atomic E-state index is 11.1. The van der Waals surface area contributed by atoms with E-state index in [1.165, 1.54) is 0 Å². The molecule has 0 bridgehead atoms. The highest BCUT2D eigenvalue weighted by atomic mass is 79.9. The molecular weight excluding hydrogens is 318 g/mol. The molecule has 5 heteroatoms. The van der Waals surface area contributed by atoms with Crippen LogP contribution in [0.1, 0.15) is 18.9 Å². The number of likely N-dealkylation sites (tertiary alicyclic amines) is 1. The van der Waals surface area contributed by atoms with Crippen molar-refractivity contribution in [2.24, 2.45) is 5.92 Å². The largest absolute Gasteiger partial charge is 0.481 e. The summed E-state index contributed by atoms with van der Waals surface area (Å²) in [5, 5.41) is 9.79. The molecule has 1 aromatic carbocycles. The van der Waals surface area contributed by atoms with Crippen LogP contribution in [0.4, 0.5) is 0 Å². The lowest BCUT2D eigenvalue weighted by atomic mass is 10.0. The number of halogens is 2. The Balaban J connectivity index is 2.06. The molecule has 0 aliphatic carbocycles.